The third-order valence-corrected chi connectivity index (χ3v) is 3.42. The minimum absolute atomic E-state index is 0.127. The number of hydrogen-bond donors (Lipinski definition) is 2. The molecule has 6 nitrogen and oxygen atoms in total. The molecule has 0 spiro atoms. The van der Waals surface area contributed by atoms with Gasteiger partial charge in [-0.2, -0.15) is 4.37 Å². The van der Waals surface area contributed by atoms with E-state index in [9.17, 15) is 14.0 Å². The zero-order chi connectivity index (χ0) is 14.1. The normalized spacial score (nSPS) is 10.7. The molecule has 1 amide bonds. The molecule has 1 aromatic carbocycles. The average Bonchev–Trinajstić information content (AvgIpc) is 2.87. The number of hydrogen-bond acceptors (Lipinski definition) is 5. The number of nitrogens with zero attached hydrogens (tertiary/aromatic N) is 2. The number of amides is 1. The first-order chi connectivity index (χ1) is 9.65. The molecular weight excluding hydrogens is 283 g/mol. The zero-order valence-corrected chi connectivity index (χ0v) is 10.7. The minimum atomic E-state index is -0.442. The van der Waals surface area contributed by atoms with Gasteiger partial charge in [-0.05, 0) is 35.8 Å². The van der Waals surface area contributed by atoms with Gasteiger partial charge in [-0.15, -0.1) is 0 Å². The van der Waals surface area contributed by atoms with E-state index >= 15 is 0 Å². The molecule has 20 heavy (non-hydrogen) atoms. The molecular formula is C12H7FN4O2S. The van der Waals surface area contributed by atoms with Gasteiger partial charge in [-0.1, -0.05) is 0 Å². The maximum absolute atomic E-state index is 12.8. The summed E-state index contributed by atoms with van der Waals surface area (Å²) in [7, 11) is 0. The Bertz CT molecular complexity index is 841. The maximum Gasteiger partial charge on any atom is 0.278 e. The Morgan fingerprint density at radius 1 is 1.25 bits per heavy atom. The van der Waals surface area contributed by atoms with Crippen LogP contribution in [0.1, 0.15) is 9.67 Å². The highest BCUT2D eigenvalue weighted by atomic mass is 32.1. The summed E-state index contributed by atoms with van der Waals surface area (Å²) in [4.78, 5) is 30.2. The van der Waals surface area contributed by atoms with E-state index in [0.717, 1.165) is 11.5 Å². The Kier molecular flexibility index (Phi) is 2.99. The number of anilines is 1. The van der Waals surface area contributed by atoms with Crippen LogP contribution in [0.25, 0.3) is 11.0 Å². The van der Waals surface area contributed by atoms with Crippen LogP contribution in [0.15, 0.2) is 35.4 Å². The number of rotatable bonds is 2. The Hall–Kier alpha value is -2.61. The monoisotopic (exact) mass is 290 g/mol. The third kappa shape index (κ3) is 2.16. The van der Waals surface area contributed by atoms with E-state index < -0.39 is 11.5 Å². The highest BCUT2D eigenvalue weighted by Gasteiger charge is 2.17. The minimum Gasteiger partial charge on any atom is -0.321 e. The van der Waals surface area contributed by atoms with Crippen LogP contribution >= 0.6 is 11.5 Å². The van der Waals surface area contributed by atoms with Crippen LogP contribution in [0.2, 0.25) is 0 Å². The Labute approximate surface area is 115 Å². The highest BCUT2D eigenvalue weighted by Crippen LogP contribution is 2.19. The lowest BCUT2D eigenvalue weighted by atomic mass is 10.3. The fourth-order valence-electron chi connectivity index (χ4n) is 1.65. The quantitative estimate of drug-likeness (QED) is 0.753. The second kappa shape index (κ2) is 4.82. The van der Waals surface area contributed by atoms with Crippen molar-refractivity contribution < 1.29 is 9.18 Å². The Morgan fingerprint density at radius 3 is 2.75 bits per heavy atom. The van der Waals surface area contributed by atoms with Crippen LogP contribution < -0.4 is 10.9 Å². The van der Waals surface area contributed by atoms with Crippen molar-refractivity contribution in [2.45, 2.75) is 0 Å². The van der Waals surface area contributed by atoms with Crippen molar-refractivity contribution in [3.8, 4) is 0 Å². The topological polar surface area (TPSA) is 87.7 Å². The molecule has 100 valence electrons. The van der Waals surface area contributed by atoms with Crippen LogP contribution in [-0.4, -0.2) is 20.2 Å². The van der Waals surface area contributed by atoms with E-state index in [1.807, 2.05) is 0 Å². The number of benzene rings is 1. The lowest BCUT2D eigenvalue weighted by Gasteiger charge is -2.02. The van der Waals surface area contributed by atoms with E-state index in [0.29, 0.717) is 5.69 Å². The second-order valence-corrected chi connectivity index (χ2v) is 4.67. The van der Waals surface area contributed by atoms with Gasteiger partial charge >= 0.3 is 0 Å². The van der Waals surface area contributed by atoms with E-state index in [1.165, 1.54) is 30.6 Å². The molecule has 3 rings (SSSR count). The predicted octanol–water partition coefficient (Wildman–Crippen LogP) is 1.77. The van der Waals surface area contributed by atoms with Gasteiger partial charge in [0.15, 0.2) is 5.52 Å². The Morgan fingerprint density at radius 2 is 2.00 bits per heavy atom. The summed E-state index contributed by atoms with van der Waals surface area (Å²) in [6.07, 6.45) is 1.22. The molecule has 0 unspecified atom stereocenters. The van der Waals surface area contributed by atoms with E-state index in [1.54, 1.807) is 0 Å². The van der Waals surface area contributed by atoms with Crippen molar-refractivity contribution in [2.75, 3.05) is 5.32 Å². The summed E-state index contributed by atoms with van der Waals surface area (Å²) in [5.74, 6) is -0.832. The molecule has 0 bridgehead atoms. The first-order valence-corrected chi connectivity index (χ1v) is 6.32. The van der Waals surface area contributed by atoms with Crippen LogP contribution in [0.4, 0.5) is 10.1 Å². The molecule has 0 atom stereocenters. The lowest BCUT2D eigenvalue weighted by Crippen LogP contribution is -2.12. The van der Waals surface area contributed by atoms with Gasteiger partial charge in [-0.25, -0.2) is 9.37 Å². The zero-order valence-electron chi connectivity index (χ0n) is 9.88. The first-order valence-electron chi connectivity index (χ1n) is 5.55. The molecule has 0 radical (unpaired) electrons. The van der Waals surface area contributed by atoms with Crippen molar-refractivity contribution in [1.82, 2.24) is 14.3 Å². The Balaban J connectivity index is 1.95. The third-order valence-electron chi connectivity index (χ3n) is 2.58. The summed E-state index contributed by atoms with van der Waals surface area (Å²) >= 11 is 0.889. The van der Waals surface area contributed by atoms with Gasteiger partial charge in [0.05, 0.1) is 6.33 Å². The SMILES string of the molecule is O=C(Nc1ccc(F)cc1)c1snc2c(=O)[nH]cnc12. The molecule has 0 aliphatic heterocycles. The van der Waals surface area contributed by atoms with Crippen molar-refractivity contribution in [3.63, 3.8) is 0 Å². The number of nitrogens with one attached hydrogen (secondary N) is 2. The molecule has 3 aromatic rings. The fraction of sp³-hybridized carbons (Fsp3) is 0. The second-order valence-electron chi connectivity index (χ2n) is 3.90. The van der Waals surface area contributed by atoms with Crippen molar-refractivity contribution >= 4 is 34.2 Å². The predicted molar refractivity (Wildman–Crippen MR) is 72.4 cm³/mol. The van der Waals surface area contributed by atoms with Gasteiger partial charge in [0, 0.05) is 5.69 Å². The molecule has 8 heteroatoms. The summed E-state index contributed by atoms with van der Waals surface area (Å²) in [5.41, 5.74) is 0.426. The lowest BCUT2D eigenvalue weighted by molar-refractivity contribution is 0.103. The molecule has 2 N–H and O–H groups in total. The standard InChI is InChI=1S/C12H7FN4O2S/c13-6-1-3-7(4-2-6)16-12(19)10-8-9(17-20-10)11(18)15-5-14-8/h1-5H,(H,16,19)(H,14,15,18). The molecule has 2 heterocycles. The van der Waals surface area contributed by atoms with Gasteiger partial charge in [0.2, 0.25) is 0 Å². The fourth-order valence-corrected chi connectivity index (χ4v) is 2.37. The van der Waals surface area contributed by atoms with E-state index in [-0.39, 0.29) is 21.7 Å². The van der Waals surface area contributed by atoms with Gasteiger partial charge < -0.3 is 10.3 Å². The van der Waals surface area contributed by atoms with Gasteiger partial charge in [0.25, 0.3) is 11.5 Å². The van der Waals surface area contributed by atoms with Crippen molar-refractivity contribution in [3.05, 3.63) is 51.6 Å². The van der Waals surface area contributed by atoms with Gasteiger partial charge in [0.1, 0.15) is 16.2 Å². The van der Waals surface area contributed by atoms with Crippen molar-refractivity contribution in [2.24, 2.45) is 0 Å². The van der Waals surface area contributed by atoms with Crippen LogP contribution in [-0.2, 0) is 0 Å². The van der Waals surface area contributed by atoms with Crippen molar-refractivity contribution in [1.29, 1.82) is 0 Å². The largest absolute Gasteiger partial charge is 0.321 e. The number of aromatic amines is 1. The van der Waals surface area contributed by atoms with Crippen LogP contribution in [0, 0.1) is 5.82 Å². The summed E-state index contributed by atoms with van der Waals surface area (Å²) < 4.78 is 16.7. The highest BCUT2D eigenvalue weighted by molar-refractivity contribution is 7.09. The molecule has 0 saturated carbocycles. The van der Waals surface area contributed by atoms with Gasteiger partial charge in [-0.3, -0.25) is 9.59 Å². The molecule has 0 aliphatic carbocycles. The van der Waals surface area contributed by atoms with Crippen LogP contribution in [0.5, 0.6) is 0 Å². The molecule has 2 aromatic heterocycles. The summed E-state index contributed by atoms with van der Waals surface area (Å²) in [5, 5.41) is 2.60. The average molecular weight is 290 g/mol. The smallest absolute Gasteiger partial charge is 0.278 e. The summed E-state index contributed by atoms with van der Waals surface area (Å²) in [6, 6.07) is 5.36. The number of H-pyrrole nitrogens is 1. The number of carbonyl (C=O) groups excluding carboxylic acids is 1. The number of halogens is 1. The van der Waals surface area contributed by atoms with Crippen LogP contribution in [0.3, 0.4) is 0 Å². The number of aromatic nitrogens is 3. The first kappa shape index (κ1) is 12.4. The number of fused-ring (bicyclic) bond motifs is 1. The number of carbonyl (C=O) groups is 1. The van der Waals surface area contributed by atoms with E-state index in [4.69, 9.17) is 0 Å². The summed E-state index contributed by atoms with van der Waals surface area (Å²) in [6.45, 7) is 0. The molecule has 0 saturated heterocycles. The molecule has 0 fully saturated rings. The maximum atomic E-state index is 12.8. The molecule has 0 aliphatic rings. The van der Waals surface area contributed by atoms with E-state index in [2.05, 4.69) is 19.7 Å².